The molecule has 116 valence electrons. The van der Waals surface area contributed by atoms with Crippen molar-refractivity contribution in [2.24, 2.45) is 17.3 Å². The summed E-state index contributed by atoms with van der Waals surface area (Å²) in [5.74, 6) is 1.30. The summed E-state index contributed by atoms with van der Waals surface area (Å²) < 4.78 is 0. The van der Waals surface area contributed by atoms with Crippen LogP contribution in [0, 0.1) is 17.3 Å². The van der Waals surface area contributed by atoms with Crippen molar-refractivity contribution in [1.82, 2.24) is 4.90 Å². The largest absolute Gasteiger partial charge is 0.395 e. The van der Waals surface area contributed by atoms with Crippen LogP contribution in [0.15, 0.2) is 0 Å². The Balaban J connectivity index is 1.95. The monoisotopic (exact) mass is 281 g/mol. The number of Topliss-reactive ketones (excluding diaryl/α,β-unsaturated/α-hetero) is 1. The molecule has 20 heavy (non-hydrogen) atoms. The van der Waals surface area contributed by atoms with E-state index in [2.05, 4.69) is 25.7 Å². The Hall–Kier alpha value is -0.410. The SMILES string of the molecule is CC(C)(C)C1CCC(=O)C(CN(CCO)C2CCC2)C1. The summed E-state index contributed by atoms with van der Waals surface area (Å²) in [6.07, 6.45) is 6.63. The van der Waals surface area contributed by atoms with Crippen molar-refractivity contribution >= 4 is 5.78 Å². The lowest BCUT2D eigenvalue weighted by Crippen LogP contribution is -2.47. The van der Waals surface area contributed by atoms with Gasteiger partial charge < -0.3 is 5.11 Å². The minimum Gasteiger partial charge on any atom is -0.395 e. The Labute approximate surface area is 123 Å². The van der Waals surface area contributed by atoms with E-state index in [1.807, 2.05) is 0 Å². The topological polar surface area (TPSA) is 40.5 Å². The number of nitrogens with zero attached hydrogens (tertiary/aromatic N) is 1. The molecule has 2 aliphatic rings. The predicted octanol–water partition coefficient (Wildman–Crippen LogP) is 2.86. The van der Waals surface area contributed by atoms with Crippen LogP contribution in [0.3, 0.4) is 0 Å². The van der Waals surface area contributed by atoms with Crippen molar-refractivity contribution in [3.63, 3.8) is 0 Å². The normalized spacial score (nSPS) is 28.8. The highest BCUT2D eigenvalue weighted by Gasteiger charge is 2.37. The summed E-state index contributed by atoms with van der Waals surface area (Å²) in [5, 5.41) is 9.26. The molecule has 2 rings (SSSR count). The molecular formula is C17H31NO2. The maximum atomic E-state index is 12.2. The Morgan fingerprint density at radius 1 is 1.25 bits per heavy atom. The highest BCUT2D eigenvalue weighted by atomic mass is 16.3. The minimum atomic E-state index is 0.195. The smallest absolute Gasteiger partial charge is 0.137 e. The second kappa shape index (κ2) is 6.57. The van der Waals surface area contributed by atoms with E-state index < -0.39 is 0 Å². The molecule has 0 aromatic heterocycles. The van der Waals surface area contributed by atoms with Gasteiger partial charge in [0.1, 0.15) is 5.78 Å². The molecule has 1 N–H and O–H groups in total. The van der Waals surface area contributed by atoms with Crippen molar-refractivity contribution < 1.29 is 9.90 Å². The van der Waals surface area contributed by atoms with Crippen LogP contribution in [0.5, 0.6) is 0 Å². The highest BCUT2D eigenvalue weighted by molar-refractivity contribution is 5.82. The van der Waals surface area contributed by atoms with E-state index in [1.54, 1.807) is 0 Å². The molecule has 2 atom stereocenters. The van der Waals surface area contributed by atoms with Crippen LogP contribution in [0.4, 0.5) is 0 Å². The first-order valence-corrected chi connectivity index (χ1v) is 8.29. The second-order valence-electron chi connectivity index (χ2n) is 7.80. The number of carbonyl (C=O) groups excluding carboxylic acids is 1. The first-order valence-electron chi connectivity index (χ1n) is 8.29. The molecule has 0 bridgehead atoms. The number of hydrogen-bond acceptors (Lipinski definition) is 3. The van der Waals surface area contributed by atoms with E-state index in [9.17, 15) is 9.90 Å². The third-order valence-electron chi connectivity index (χ3n) is 5.42. The van der Waals surface area contributed by atoms with Crippen molar-refractivity contribution in [3.05, 3.63) is 0 Å². The van der Waals surface area contributed by atoms with Crippen LogP contribution in [-0.4, -0.2) is 41.5 Å². The number of aliphatic hydroxyl groups is 1. The number of hydrogen-bond donors (Lipinski definition) is 1. The molecule has 2 aliphatic carbocycles. The number of rotatable bonds is 5. The van der Waals surface area contributed by atoms with Gasteiger partial charge in [-0.3, -0.25) is 9.69 Å². The average Bonchev–Trinajstić information content (AvgIpc) is 2.28. The molecule has 2 unspecified atom stereocenters. The summed E-state index contributed by atoms with van der Waals surface area (Å²) in [7, 11) is 0. The van der Waals surface area contributed by atoms with Gasteiger partial charge in [0.2, 0.25) is 0 Å². The summed E-state index contributed by atoms with van der Waals surface area (Å²) in [4.78, 5) is 14.6. The van der Waals surface area contributed by atoms with Crippen LogP contribution in [-0.2, 0) is 4.79 Å². The summed E-state index contributed by atoms with van der Waals surface area (Å²) in [6, 6.07) is 0.616. The molecular weight excluding hydrogens is 250 g/mol. The van der Waals surface area contributed by atoms with Crippen LogP contribution >= 0.6 is 0 Å². The zero-order valence-electron chi connectivity index (χ0n) is 13.4. The number of carbonyl (C=O) groups is 1. The lowest BCUT2D eigenvalue weighted by atomic mass is 9.68. The van der Waals surface area contributed by atoms with E-state index in [1.165, 1.54) is 19.3 Å². The predicted molar refractivity (Wildman–Crippen MR) is 81.6 cm³/mol. The van der Waals surface area contributed by atoms with Gasteiger partial charge in [-0.25, -0.2) is 0 Å². The highest BCUT2D eigenvalue weighted by Crippen LogP contribution is 2.39. The molecule has 2 saturated carbocycles. The van der Waals surface area contributed by atoms with Crippen LogP contribution in [0.2, 0.25) is 0 Å². The molecule has 0 saturated heterocycles. The summed E-state index contributed by atoms with van der Waals surface area (Å²) >= 11 is 0. The zero-order valence-corrected chi connectivity index (χ0v) is 13.4. The van der Waals surface area contributed by atoms with Gasteiger partial charge in [-0.1, -0.05) is 27.2 Å². The van der Waals surface area contributed by atoms with Gasteiger partial charge in [0.15, 0.2) is 0 Å². The average molecular weight is 281 g/mol. The zero-order chi connectivity index (χ0) is 14.8. The fraction of sp³-hybridized carbons (Fsp3) is 0.941. The van der Waals surface area contributed by atoms with E-state index in [0.717, 1.165) is 32.4 Å². The number of ketones is 1. The third-order valence-corrected chi connectivity index (χ3v) is 5.42. The van der Waals surface area contributed by atoms with Gasteiger partial charge in [-0.05, 0) is 37.0 Å². The van der Waals surface area contributed by atoms with Gasteiger partial charge in [0, 0.05) is 31.5 Å². The quantitative estimate of drug-likeness (QED) is 0.842. The Morgan fingerprint density at radius 3 is 2.45 bits per heavy atom. The maximum absolute atomic E-state index is 12.2. The van der Waals surface area contributed by atoms with Crippen LogP contribution < -0.4 is 0 Å². The van der Waals surface area contributed by atoms with Crippen LogP contribution in [0.1, 0.15) is 59.3 Å². The molecule has 2 fully saturated rings. The Bertz CT molecular complexity index is 330. The molecule has 3 heteroatoms. The molecule has 3 nitrogen and oxygen atoms in total. The Morgan fingerprint density at radius 2 is 1.95 bits per heavy atom. The minimum absolute atomic E-state index is 0.195. The lowest BCUT2D eigenvalue weighted by Gasteiger charge is -2.42. The second-order valence-corrected chi connectivity index (χ2v) is 7.80. The fourth-order valence-electron chi connectivity index (χ4n) is 3.66. The van der Waals surface area contributed by atoms with Crippen molar-refractivity contribution in [3.8, 4) is 0 Å². The molecule has 0 radical (unpaired) electrons. The Kier molecular flexibility index (Phi) is 5.25. The molecule has 0 amide bonds. The van der Waals surface area contributed by atoms with Crippen molar-refractivity contribution in [2.75, 3.05) is 19.7 Å². The maximum Gasteiger partial charge on any atom is 0.137 e. The molecule has 0 aromatic rings. The fourth-order valence-corrected chi connectivity index (χ4v) is 3.66. The molecule has 0 spiro atoms. The molecule has 0 heterocycles. The van der Waals surface area contributed by atoms with Gasteiger partial charge >= 0.3 is 0 Å². The third kappa shape index (κ3) is 3.82. The van der Waals surface area contributed by atoms with Gasteiger partial charge in [-0.15, -0.1) is 0 Å². The van der Waals surface area contributed by atoms with E-state index in [4.69, 9.17) is 0 Å². The first-order chi connectivity index (χ1) is 9.41. The van der Waals surface area contributed by atoms with Crippen molar-refractivity contribution in [1.29, 1.82) is 0 Å². The van der Waals surface area contributed by atoms with Gasteiger partial charge in [0.25, 0.3) is 0 Å². The summed E-state index contributed by atoms with van der Waals surface area (Å²) in [6.45, 7) is 8.69. The summed E-state index contributed by atoms with van der Waals surface area (Å²) in [5.41, 5.74) is 0.303. The number of aliphatic hydroxyl groups excluding tert-OH is 1. The van der Waals surface area contributed by atoms with Crippen molar-refractivity contribution in [2.45, 2.75) is 65.3 Å². The van der Waals surface area contributed by atoms with E-state index in [-0.39, 0.29) is 12.5 Å². The van der Waals surface area contributed by atoms with E-state index in [0.29, 0.717) is 23.2 Å². The van der Waals surface area contributed by atoms with Gasteiger partial charge in [-0.2, -0.15) is 0 Å². The molecule has 0 aliphatic heterocycles. The van der Waals surface area contributed by atoms with Gasteiger partial charge in [0.05, 0.1) is 6.61 Å². The molecule has 0 aromatic carbocycles. The first kappa shape index (κ1) is 16.0. The van der Waals surface area contributed by atoms with E-state index >= 15 is 0 Å². The lowest BCUT2D eigenvalue weighted by molar-refractivity contribution is -0.127. The standard InChI is InChI=1S/C17H31NO2/c1-17(2,3)14-7-8-16(20)13(11-14)12-18(9-10-19)15-5-4-6-15/h13-15,19H,4-12H2,1-3H3. The van der Waals surface area contributed by atoms with Crippen LogP contribution in [0.25, 0.3) is 0 Å².